The van der Waals surface area contributed by atoms with Gasteiger partial charge in [0.05, 0.1) is 17.4 Å². The summed E-state index contributed by atoms with van der Waals surface area (Å²) in [6.07, 6.45) is 5.17. The Morgan fingerprint density at radius 3 is 3.05 bits per heavy atom. The average Bonchev–Trinajstić information content (AvgIpc) is 3.05. The van der Waals surface area contributed by atoms with E-state index in [1.165, 1.54) is 17.0 Å². The topological polar surface area (TPSA) is 42.7 Å². The Balaban J connectivity index is 1.97. The fourth-order valence-electron chi connectivity index (χ4n) is 3.33. The summed E-state index contributed by atoms with van der Waals surface area (Å²) in [5, 5.41) is 8.06. The molecule has 0 saturated carbocycles. The third-order valence-electron chi connectivity index (χ3n) is 4.36. The van der Waals surface area contributed by atoms with Crippen LogP contribution in [0.15, 0.2) is 24.4 Å². The summed E-state index contributed by atoms with van der Waals surface area (Å²) < 4.78 is 2.01. The number of pyridine rings is 1. The second-order valence-electron chi connectivity index (χ2n) is 5.50. The fraction of sp³-hybridized carbons (Fsp3) is 0.500. The van der Waals surface area contributed by atoms with Crippen molar-refractivity contribution in [3.05, 3.63) is 47.0 Å². The van der Waals surface area contributed by atoms with Crippen molar-refractivity contribution in [3.63, 3.8) is 0 Å². The van der Waals surface area contributed by atoms with Gasteiger partial charge in [-0.1, -0.05) is 13.0 Å². The highest BCUT2D eigenvalue weighted by molar-refractivity contribution is 5.32. The highest BCUT2D eigenvalue weighted by atomic mass is 15.3. The molecule has 2 atom stereocenters. The van der Waals surface area contributed by atoms with Crippen molar-refractivity contribution in [2.45, 2.75) is 38.1 Å². The molecular weight excluding hydrogens is 248 g/mol. The quantitative estimate of drug-likeness (QED) is 0.927. The maximum absolute atomic E-state index is 4.62. The van der Waals surface area contributed by atoms with Crippen molar-refractivity contribution in [1.29, 1.82) is 0 Å². The van der Waals surface area contributed by atoms with Crippen molar-refractivity contribution >= 4 is 0 Å². The monoisotopic (exact) mass is 270 g/mol. The van der Waals surface area contributed by atoms with Gasteiger partial charge in [-0.3, -0.25) is 9.67 Å². The summed E-state index contributed by atoms with van der Waals surface area (Å²) in [6.45, 7) is 2.15. The number of nitrogens with one attached hydrogen (secondary N) is 1. The highest BCUT2D eigenvalue weighted by Gasteiger charge is 2.32. The Bertz CT molecular complexity index is 602. The molecule has 106 valence electrons. The van der Waals surface area contributed by atoms with Crippen LogP contribution in [0.3, 0.4) is 0 Å². The molecular formula is C16H22N4. The molecule has 0 spiro atoms. The van der Waals surface area contributed by atoms with Gasteiger partial charge in [0.2, 0.25) is 0 Å². The van der Waals surface area contributed by atoms with Crippen molar-refractivity contribution in [3.8, 4) is 0 Å². The number of hydrogen-bond acceptors (Lipinski definition) is 3. The van der Waals surface area contributed by atoms with Gasteiger partial charge in [0.15, 0.2) is 0 Å². The lowest BCUT2D eigenvalue weighted by molar-refractivity contribution is 0.442. The number of fused-ring (bicyclic) bond motifs is 1. The first-order chi connectivity index (χ1) is 9.74. The van der Waals surface area contributed by atoms with Crippen LogP contribution < -0.4 is 5.32 Å². The Morgan fingerprint density at radius 2 is 2.35 bits per heavy atom. The highest BCUT2D eigenvalue weighted by Crippen LogP contribution is 2.40. The number of nitrogens with zero attached hydrogens (tertiary/aromatic N) is 3. The van der Waals surface area contributed by atoms with Crippen molar-refractivity contribution in [2.24, 2.45) is 7.05 Å². The molecule has 2 aromatic heterocycles. The van der Waals surface area contributed by atoms with Crippen LogP contribution in [-0.4, -0.2) is 21.8 Å². The first-order valence-corrected chi connectivity index (χ1v) is 7.38. The van der Waals surface area contributed by atoms with E-state index in [4.69, 9.17) is 0 Å². The van der Waals surface area contributed by atoms with E-state index in [1.807, 2.05) is 31.0 Å². The molecule has 1 N–H and O–H groups in total. The molecule has 3 rings (SSSR count). The largest absolute Gasteiger partial charge is 0.311 e. The van der Waals surface area contributed by atoms with Gasteiger partial charge in [-0.05, 0) is 44.0 Å². The van der Waals surface area contributed by atoms with Crippen LogP contribution in [0.4, 0.5) is 0 Å². The minimum absolute atomic E-state index is 0.281. The van der Waals surface area contributed by atoms with Crippen molar-refractivity contribution < 1.29 is 0 Å². The standard InChI is InChI=1S/C16H22N4/c1-4-12-10-14(20(3)19-12)16(17-2)13-8-7-11-6-5-9-18-15(11)13/h5-6,9-10,13,16-17H,4,7-8H2,1-3H3. The summed E-state index contributed by atoms with van der Waals surface area (Å²) >= 11 is 0. The van der Waals surface area contributed by atoms with E-state index in [0.717, 1.165) is 25.0 Å². The van der Waals surface area contributed by atoms with Crippen molar-refractivity contribution in [1.82, 2.24) is 20.1 Å². The lowest BCUT2D eigenvalue weighted by Crippen LogP contribution is -2.25. The number of likely N-dealkylation sites (N-methyl/N-ethyl adjacent to an activating group) is 1. The van der Waals surface area contributed by atoms with E-state index in [1.54, 1.807) is 0 Å². The summed E-state index contributed by atoms with van der Waals surface area (Å²) in [7, 11) is 4.07. The number of aromatic nitrogens is 3. The summed E-state index contributed by atoms with van der Waals surface area (Å²) in [6, 6.07) is 6.75. The first-order valence-electron chi connectivity index (χ1n) is 7.38. The molecule has 2 heterocycles. The van der Waals surface area contributed by atoms with E-state index >= 15 is 0 Å². The molecule has 1 aliphatic rings. The zero-order chi connectivity index (χ0) is 14.1. The van der Waals surface area contributed by atoms with E-state index in [-0.39, 0.29) is 6.04 Å². The molecule has 0 aromatic carbocycles. The maximum Gasteiger partial charge on any atom is 0.0625 e. The molecule has 0 aliphatic heterocycles. The second-order valence-corrected chi connectivity index (χ2v) is 5.50. The molecule has 20 heavy (non-hydrogen) atoms. The van der Waals surface area contributed by atoms with Gasteiger partial charge in [-0.2, -0.15) is 5.10 Å². The smallest absolute Gasteiger partial charge is 0.0625 e. The normalized spacial score (nSPS) is 19.1. The van der Waals surface area contributed by atoms with Gasteiger partial charge < -0.3 is 5.32 Å². The fourth-order valence-corrected chi connectivity index (χ4v) is 3.33. The van der Waals surface area contributed by atoms with Gasteiger partial charge in [-0.25, -0.2) is 0 Å². The second kappa shape index (κ2) is 5.37. The number of aryl methyl sites for hydroxylation is 3. The van der Waals surface area contributed by atoms with Gasteiger partial charge >= 0.3 is 0 Å². The third kappa shape index (κ3) is 2.14. The minimum Gasteiger partial charge on any atom is -0.311 e. The van der Waals surface area contributed by atoms with Crippen LogP contribution in [0.25, 0.3) is 0 Å². The molecule has 0 amide bonds. The zero-order valence-corrected chi connectivity index (χ0v) is 12.4. The van der Waals surface area contributed by atoms with Gasteiger partial charge in [0.1, 0.15) is 0 Å². The molecule has 4 heteroatoms. The zero-order valence-electron chi connectivity index (χ0n) is 12.4. The lowest BCUT2D eigenvalue weighted by Gasteiger charge is -2.23. The first kappa shape index (κ1) is 13.3. The predicted molar refractivity (Wildman–Crippen MR) is 79.7 cm³/mol. The number of rotatable bonds is 4. The van der Waals surface area contributed by atoms with Crippen LogP contribution in [-0.2, 0) is 19.9 Å². The van der Waals surface area contributed by atoms with E-state index in [0.29, 0.717) is 5.92 Å². The average molecular weight is 270 g/mol. The van der Waals surface area contributed by atoms with Crippen molar-refractivity contribution in [2.75, 3.05) is 7.05 Å². The predicted octanol–water partition coefficient (Wildman–Crippen LogP) is 2.37. The number of hydrogen-bond donors (Lipinski definition) is 1. The Labute approximate surface area is 120 Å². The lowest BCUT2D eigenvalue weighted by atomic mass is 9.94. The molecule has 2 aromatic rings. The maximum atomic E-state index is 4.62. The molecule has 1 aliphatic carbocycles. The summed E-state index contributed by atoms with van der Waals surface area (Å²) in [5.74, 6) is 0.441. The van der Waals surface area contributed by atoms with E-state index in [2.05, 4.69) is 34.5 Å². The SMILES string of the molecule is CCc1cc(C(NC)C2CCc3cccnc32)n(C)n1. The van der Waals surface area contributed by atoms with Crippen LogP contribution in [0.1, 0.15) is 47.9 Å². The Kier molecular flexibility index (Phi) is 3.57. The summed E-state index contributed by atoms with van der Waals surface area (Å²) in [5.41, 5.74) is 5.07. The van der Waals surface area contributed by atoms with E-state index in [9.17, 15) is 0 Å². The van der Waals surface area contributed by atoms with Gasteiger partial charge in [0.25, 0.3) is 0 Å². The van der Waals surface area contributed by atoms with Crippen LogP contribution >= 0.6 is 0 Å². The van der Waals surface area contributed by atoms with Crippen LogP contribution in [0, 0.1) is 0 Å². The molecule has 0 bridgehead atoms. The molecule has 4 nitrogen and oxygen atoms in total. The molecule has 0 radical (unpaired) electrons. The Hall–Kier alpha value is -1.68. The van der Waals surface area contributed by atoms with E-state index < -0.39 is 0 Å². The molecule has 0 fully saturated rings. The Morgan fingerprint density at radius 1 is 1.50 bits per heavy atom. The molecule has 0 saturated heterocycles. The summed E-state index contributed by atoms with van der Waals surface area (Å²) in [4.78, 5) is 4.62. The van der Waals surface area contributed by atoms with Crippen LogP contribution in [0.5, 0.6) is 0 Å². The van der Waals surface area contributed by atoms with Crippen LogP contribution in [0.2, 0.25) is 0 Å². The minimum atomic E-state index is 0.281. The van der Waals surface area contributed by atoms with Gasteiger partial charge in [-0.15, -0.1) is 0 Å². The van der Waals surface area contributed by atoms with Gasteiger partial charge in [0, 0.05) is 24.9 Å². The third-order valence-corrected chi connectivity index (χ3v) is 4.36. The molecule has 2 unspecified atom stereocenters.